The van der Waals surface area contributed by atoms with Crippen LogP contribution < -0.4 is 5.32 Å². The quantitative estimate of drug-likeness (QED) is 0.818. The Labute approximate surface area is 117 Å². The highest BCUT2D eigenvalue weighted by Gasteiger charge is 2.35. The van der Waals surface area contributed by atoms with Crippen LogP contribution in [0.2, 0.25) is 0 Å². The monoisotopic (exact) mass is 266 g/mol. The summed E-state index contributed by atoms with van der Waals surface area (Å²) in [4.78, 5) is 2.69. The molecule has 0 radical (unpaired) electrons. The van der Waals surface area contributed by atoms with E-state index in [1.165, 1.54) is 51.5 Å². The molecule has 0 aromatic heterocycles. The summed E-state index contributed by atoms with van der Waals surface area (Å²) in [6.07, 6.45) is 10.7. The zero-order chi connectivity index (χ0) is 13.2. The Hall–Kier alpha value is -0.120. The molecule has 1 heterocycles. The van der Waals surface area contributed by atoms with Crippen LogP contribution in [0.1, 0.15) is 58.3 Å². The fourth-order valence-corrected chi connectivity index (χ4v) is 3.97. The molecular weight excluding hydrogens is 236 g/mol. The molecule has 3 atom stereocenters. The van der Waals surface area contributed by atoms with Gasteiger partial charge in [-0.1, -0.05) is 19.3 Å². The lowest BCUT2D eigenvalue weighted by Gasteiger charge is -2.44. The number of piperidine rings is 1. The smallest absolute Gasteiger partial charge is 0.0553 e. The molecule has 3 aliphatic rings. The molecule has 0 aromatic carbocycles. The number of hydrogen-bond donors (Lipinski definition) is 2. The molecular formula is C16H30N2O. The average molecular weight is 266 g/mol. The van der Waals surface area contributed by atoms with Crippen molar-refractivity contribution in [3.8, 4) is 0 Å². The van der Waals surface area contributed by atoms with E-state index in [0.717, 1.165) is 25.0 Å². The molecule has 0 amide bonds. The van der Waals surface area contributed by atoms with Crippen LogP contribution in [0, 0.1) is 5.92 Å². The van der Waals surface area contributed by atoms with Crippen molar-refractivity contribution in [2.75, 3.05) is 13.1 Å². The molecule has 110 valence electrons. The minimum atomic E-state index is -0.158. The van der Waals surface area contributed by atoms with Crippen LogP contribution in [0.3, 0.4) is 0 Å². The van der Waals surface area contributed by atoms with Crippen LogP contribution in [-0.4, -0.2) is 47.3 Å². The van der Waals surface area contributed by atoms with Gasteiger partial charge in [-0.25, -0.2) is 0 Å². The zero-order valence-corrected chi connectivity index (χ0v) is 12.4. The van der Waals surface area contributed by atoms with Crippen LogP contribution in [0.15, 0.2) is 0 Å². The first-order valence-corrected chi connectivity index (χ1v) is 8.40. The Bertz CT molecular complexity index is 284. The number of aliphatic hydroxyl groups excluding tert-OH is 1. The number of rotatable bonds is 4. The molecule has 3 heteroatoms. The minimum absolute atomic E-state index is 0.158. The number of nitrogens with zero attached hydrogens (tertiary/aromatic N) is 1. The summed E-state index contributed by atoms with van der Waals surface area (Å²) < 4.78 is 0. The Balaban J connectivity index is 1.60. The Morgan fingerprint density at radius 3 is 2.37 bits per heavy atom. The predicted octanol–water partition coefficient (Wildman–Crippen LogP) is 2.14. The van der Waals surface area contributed by atoms with Crippen molar-refractivity contribution < 1.29 is 5.11 Å². The van der Waals surface area contributed by atoms with Crippen LogP contribution in [0.5, 0.6) is 0 Å². The topological polar surface area (TPSA) is 35.5 Å². The predicted molar refractivity (Wildman–Crippen MR) is 78.2 cm³/mol. The van der Waals surface area contributed by atoms with Gasteiger partial charge in [0.2, 0.25) is 0 Å². The minimum Gasteiger partial charge on any atom is -0.393 e. The molecule has 1 saturated heterocycles. The Morgan fingerprint density at radius 2 is 1.74 bits per heavy atom. The van der Waals surface area contributed by atoms with Crippen molar-refractivity contribution in [3.05, 3.63) is 0 Å². The van der Waals surface area contributed by atoms with E-state index in [4.69, 9.17) is 0 Å². The molecule has 19 heavy (non-hydrogen) atoms. The van der Waals surface area contributed by atoms with Gasteiger partial charge in [0.15, 0.2) is 0 Å². The lowest BCUT2D eigenvalue weighted by molar-refractivity contribution is 0.0205. The molecule has 3 fully saturated rings. The summed E-state index contributed by atoms with van der Waals surface area (Å²) in [5.41, 5.74) is 0. The molecule has 2 N–H and O–H groups in total. The maximum Gasteiger partial charge on any atom is 0.0553 e. The summed E-state index contributed by atoms with van der Waals surface area (Å²) in [5, 5.41) is 13.8. The Kier molecular flexibility index (Phi) is 4.45. The summed E-state index contributed by atoms with van der Waals surface area (Å²) in [6.45, 7) is 4.30. The summed E-state index contributed by atoms with van der Waals surface area (Å²) in [5.74, 6) is 0.465. The van der Waals surface area contributed by atoms with E-state index in [1.54, 1.807) is 0 Å². The Morgan fingerprint density at radius 1 is 1.00 bits per heavy atom. The van der Waals surface area contributed by atoms with Gasteiger partial charge in [0, 0.05) is 31.2 Å². The van der Waals surface area contributed by atoms with Gasteiger partial charge in [-0.2, -0.15) is 0 Å². The van der Waals surface area contributed by atoms with Crippen molar-refractivity contribution in [2.45, 2.75) is 82.5 Å². The van der Waals surface area contributed by atoms with E-state index >= 15 is 0 Å². The molecule has 2 saturated carbocycles. The van der Waals surface area contributed by atoms with E-state index in [9.17, 15) is 5.11 Å². The molecule has 2 aliphatic carbocycles. The van der Waals surface area contributed by atoms with Gasteiger partial charge in [-0.15, -0.1) is 0 Å². The van der Waals surface area contributed by atoms with Gasteiger partial charge in [-0.3, -0.25) is 4.90 Å². The van der Waals surface area contributed by atoms with Gasteiger partial charge >= 0.3 is 0 Å². The maximum absolute atomic E-state index is 10.0. The SMILES string of the molecule is CC(O)C1CC(NC2CC2)CN(C2CCCCC2)C1. The van der Waals surface area contributed by atoms with E-state index in [-0.39, 0.29) is 6.10 Å². The first-order chi connectivity index (χ1) is 9.22. The fourth-order valence-electron chi connectivity index (χ4n) is 3.97. The maximum atomic E-state index is 10.0. The van der Waals surface area contributed by atoms with Crippen LogP contribution in [0.25, 0.3) is 0 Å². The molecule has 0 aromatic rings. The van der Waals surface area contributed by atoms with Crippen molar-refractivity contribution >= 4 is 0 Å². The van der Waals surface area contributed by atoms with E-state index < -0.39 is 0 Å². The third kappa shape index (κ3) is 3.71. The van der Waals surface area contributed by atoms with Crippen LogP contribution in [0.4, 0.5) is 0 Å². The largest absolute Gasteiger partial charge is 0.393 e. The second kappa shape index (κ2) is 6.11. The highest BCUT2D eigenvalue weighted by molar-refractivity contribution is 4.93. The number of aliphatic hydroxyl groups is 1. The van der Waals surface area contributed by atoms with Crippen LogP contribution in [-0.2, 0) is 0 Å². The molecule has 3 unspecified atom stereocenters. The fraction of sp³-hybridized carbons (Fsp3) is 1.00. The second-order valence-electron chi connectivity index (χ2n) is 7.12. The van der Waals surface area contributed by atoms with Crippen LogP contribution >= 0.6 is 0 Å². The normalized spacial score (nSPS) is 36.3. The summed E-state index contributed by atoms with van der Waals surface area (Å²) in [7, 11) is 0. The molecule has 1 aliphatic heterocycles. The van der Waals surface area contributed by atoms with Crippen molar-refractivity contribution in [2.24, 2.45) is 5.92 Å². The number of likely N-dealkylation sites (tertiary alicyclic amines) is 1. The highest BCUT2D eigenvalue weighted by atomic mass is 16.3. The number of nitrogens with one attached hydrogen (secondary N) is 1. The molecule has 3 rings (SSSR count). The van der Waals surface area contributed by atoms with Crippen molar-refractivity contribution in [3.63, 3.8) is 0 Å². The first-order valence-electron chi connectivity index (χ1n) is 8.40. The van der Waals surface area contributed by atoms with Gasteiger partial charge in [0.1, 0.15) is 0 Å². The molecule has 3 nitrogen and oxygen atoms in total. The van der Waals surface area contributed by atoms with E-state index in [2.05, 4.69) is 10.2 Å². The lowest BCUT2D eigenvalue weighted by Crippen LogP contribution is -2.55. The highest BCUT2D eigenvalue weighted by Crippen LogP contribution is 2.30. The molecule has 0 spiro atoms. The van der Waals surface area contributed by atoms with E-state index in [0.29, 0.717) is 12.0 Å². The van der Waals surface area contributed by atoms with Gasteiger partial charge in [0.05, 0.1) is 6.10 Å². The van der Waals surface area contributed by atoms with E-state index in [1.807, 2.05) is 6.92 Å². The van der Waals surface area contributed by atoms with Crippen molar-refractivity contribution in [1.29, 1.82) is 0 Å². The van der Waals surface area contributed by atoms with Gasteiger partial charge < -0.3 is 10.4 Å². The third-order valence-electron chi connectivity index (χ3n) is 5.33. The standard InChI is InChI=1S/C16H30N2O/c1-12(19)13-9-15(17-14-7-8-14)11-18(10-13)16-5-3-2-4-6-16/h12-17,19H,2-11H2,1H3. The van der Waals surface area contributed by atoms with Gasteiger partial charge in [-0.05, 0) is 44.9 Å². The first kappa shape index (κ1) is 13.8. The lowest BCUT2D eigenvalue weighted by atomic mass is 9.86. The summed E-state index contributed by atoms with van der Waals surface area (Å²) >= 11 is 0. The average Bonchev–Trinajstić information content (AvgIpc) is 3.23. The second-order valence-corrected chi connectivity index (χ2v) is 7.12. The zero-order valence-electron chi connectivity index (χ0n) is 12.4. The van der Waals surface area contributed by atoms with Gasteiger partial charge in [0.25, 0.3) is 0 Å². The number of hydrogen-bond acceptors (Lipinski definition) is 3. The third-order valence-corrected chi connectivity index (χ3v) is 5.33. The molecule has 0 bridgehead atoms. The summed E-state index contributed by atoms with van der Waals surface area (Å²) in [6, 6.07) is 2.19. The van der Waals surface area contributed by atoms with Crippen molar-refractivity contribution in [1.82, 2.24) is 10.2 Å².